The highest BCUT2D eigenvalue weighted by Crippen LogP contribution is 1.91. The Kier molecular flexibility index (Phi) is 4.04. The number of aliphatic hydroxyl groups excluding tert-OH is 1. The van der Waals surface area contributed by atoms with Crippen LogP contribution in [0.1, 0.15) is 6.92 Å². The molecule has 0 saturated heterocycles. The predicted octanol–water partition coefficient (Wildman–Crippen LogP) is 1.18. The summed E-state index contributed by atoms with van der Waals surface area (Å²) in [5.41, 5.74) is 0. The normalized spacial score (nSPS) is 10.7. The summed E-state index contributed by atoms with van der Waals surface area (Å²) >= 11 is 0. The van der Waals surface area contributed by atoms with Gasteiger partial charge in [-0.2, -0.15) is 0 Å². The molecule has 0 aliphatic rings. The third kappa shape index (κ3) is 2.91. The third-order valence-corrected chi connectivity index (χ3v) is 0.815. The second kappa shape index (κ2) is 4.61. The molecule has 0 spiro atoms. The summed E-state index contributed by atoms with van der Waals surface area (Å²) in [5, 5.41) is 8.71. The average molecular weight is 142 g/mol. The summed E-state index contributed by atoms with van der Waals surface area (Å²) in [6, 6.07) is 0. The molecule has 0 atom stereocenters. The van der Waals surface area contributed by atoms with Gasteiger partial charge in [0, 0.05) is 0 Å². The molecule has 0 aliphatic heterocycles. The smallest absolute Gasteiger partial charge is 0.373 e. The van der Waals surface area contributed by atoms with Gasteiger partial charge < -0.3 is 9.84 Å². The van der Waals surface area contributed by atoms with Gasteiger partial charge in [0.1, 0.15) is 6.61 Å². The molecule has 0 aromatic rings. The van der Waals surface area contributed by atoms with Gasteiger partial charge in [-0.25, -0.2) is 4.79 Å². The van der Waals surface area contributed by atoms with E-state index in [1.807, 2.05) is 0 Å². The molecule has 0 unspecified atom stereocenters. The summed E-state index contributed by atoms with van der Waals surface area (Å²) < 4.78 is 4.47. The molecule has 3 nitrogen and oxygen atoms in total. The van der Waals surface area contributed by atoms with Gasteiger partial charge in [-0.1, -0.05) is 12.7 Å². The molecule has 0 heterocycles. The number of ether oxygens (including phenoxy) is 1. The van der Waals surface area contributed by atoms with Gasteiger partial charge in [0.2, 0.25) is 0 Å². The monoisotopic (exact) mass is 142 g/mol. The van der Waals surface area contributed by atoms with Crippen molar-refractivity contribution in [1.29, 1.82) is 0 Å². The molecule has 3 heteroatoms. The highest BCUT2D eigenvalue weighted by molar-refractivity contribution is 5.85. The highest BCUT2D eigenvalue weighted by Gasteiger charge is 2.04. The molecule has 0 amide bonds. The van der Waals surface area contributed by atoms with E-state index in [-0.39, 0.29) is 12.4 Å². The van der Waals surface area contributed by atoms with Crippen LogP contribution in [0.4, 0.5) is 0 Å². The fraction of sp³-hybridized carbons (Fsp3) is 0.286. The molecule has 56 valence electrons. The van der Waals surface area contributed by atoms with E-state index in [4.69, 9.17) is 5.11 Å². The van der Waals surface area contributed by atoms with Crippen molar-refractivity contribution in [3.05, 3.63) is 24.5 Å². The maximum Gasteiger partial charge on any atom is 0.373 e. The molecular formula is C7H10O3. The van der Waals surface area contributed by atoms with Gasteiger partial charge in [-0.3, -0.25) is 0 Å². The number of allylic oxidation sites excluding steroid dienone is 1. The van der Waals surface area contributed by atoms with Crippen LogP contribution in [0, 0.1) is 0 Å². The third-order valence-electron chi connectivity index (χ3n) is 0.815. The van der Waals surface area contributed by atoms with Crippen LogP contribution in [0.15, 0.2) is 24.5 Å². The van der Waals surface area contributed by atoms with Gasteiger partial charge in [-0.05, 0) is 13.0 Å². The van der Waals surface area contributed by atoms with E-state index in [2.05, 4.69) is 11.3 Å². The minimum absolute atomic E-state index is 0.122. The Morgan fingerprint density at radius 3 is 2.80 bits per heavy atom. The van der Waals surface area contributed by atoms with Crippen molar-refractivity contribution in [1.82, 2.24) is 0 Å². The molecule has 0 aromatic heterocycles. The molecule has 0 bridgehead atoms. The lowest BCUT2D eigenvalue weighted by molar-refractivity contribution is -0.140. The van der Waals surface area contributed by atoms with Crippen molar-refractivity contribution < 1.29 is 14.6 Å². The number of esters is 1. The zero-order valence-corrected chi connectivity index (χ0v) is 5.83. The molecular weight excluding hydrogens is 132 g/mol. The first kappa shape index (κ1) is 8.75. The van der Waals surface area contributed by atoms with Crippen LogP contribution in [0.25, 0.3) is 0 Å². The molecule has 0 aromatic carbocycles. The van der Waals surface area contributed by atoms with Crippen LogP contribution in [-0.4, -0.2) is 17.7 Å². The van der Waals surface area contributed by atoms with Crippen LogP contribution in [-0.2, 0) is 9.53 Å². The lowest BCUT2D eigenvalue weighted by Crippen LogP contribution is -2.06. The Morgan fingerprint density at radius 2 is 2.40 bits per heavy atom. The largest absolute Gasteiger partial charge is 0.502 e. The summed E-state index contributed by atoms with van der Waals surface area (Å²) in [6.07, 6.45) is 2.70. The lowest BCUT2D eigenvalue weighted by Gasteiger charge is -1.97. The zero-order valence-electron chi connectivity index (χ0n) is 5.83. The minimum atomic E-state index is -0.720. The highest BCUT2D eigenvalue weighted by atomic mass is 16.5. The molecule has 10 heavy (non-hydrogen) atoms. The van der Waals surface area contributed by atoms with E-state index in [9.17, 15) is 4.79 Å². The fourth-order valence-electron chi connectivity index (χ4n) is 0.326. The van der Waals surface area contributed by atoms with Crippen LogP contribution in [0.5, 0.6) is 0 Å². The van der Waals surface area contributed by atoms with E-state index >= 15 is 0 Å². The van der Waals surface area contributed by atoms with Crippen molar-refractivity contribution in [3.8, 4) is 0 Å². The van der Waals surface area contributed by atoms with Crippen LogP contribution >= 0.6 is 0 Å². The molecule has 0 fully saturated rings. The van der Waals surface area contributed by atoms with Crippen molar-refractivity contribution in [3.63, 3.8) is 0 Å². The summed E-state index contributed by atoms with van der Waals surface area (Å²) in [6.45, 7) is 5.01. The first-order chi connectivity index (χ1) is 4.72. The van der Waals surface area contributed by atoms with Crippen LogP contribution < -0.4 is 0 Å². The van der Waals surface area contributed by atoms with Gasteiger partial charge in [0.25, 0.3) is 0 Å². The molecule has 0 radical (unpaired) electrons. The minimum Gasteiger partial charge on any atom is -0.502 e. The second-order valence-corrected chi connectivity index (χ2v) is 1.56. The Labute approximate surface area is 59.6 Å². The average Bonchev–Trinajstić information content (AvgIpc) is 1.98. The fourth-order valence-corrected chi connectivity index (χ4v) is 0.326. The first-order valence-electron chi connectivity index (χ1n) is 2.85. The number of carbonyl (C=O) groups excluding carboxylic acids is 1. The van der Waals surface area contributed by atoms with Gasteiger partial charge in [0.15, 0.2) is 5.76 Å². The SMILES string of the molecule is C=CCOC(=O)/C(O)=C/C. The maximum absolute atomic E-state index is 10.5. The van der Waals surface area contributed by atoms with Crippen LogP contribution in [0.2, 0.25) is 0 Å². The zero-order chi connectivity index (χ0) is 7.98. The Hall–Kier alpha value is -1.25. The number of hydrogen-bond acceptors (Lipinski definition) is 3. The standard InChI is InChI=1S/C7H10O3/c1-3-5-10-7(9)6(8)4-2/h3-4,8H,1,5H2,2H3/b6-4-. The van der Waals surface area contributed by atoms with E-state index in [1.165, 1.54) is 12.2 Å². The van der Waals surface area contributed by atoms with Crippen molar-refractivity contribution >= 4 is 5.97 Å². The van der Waals surface area contributed by atoms with Crippen molar-refractivity contribution in [2.75, 3.05) is 6.61 Å². The van der Waals surface area contributed by atoms with E-state index in [0.717, 1.165) is 0 Å². The van der Waals surface area contributed by atoms with Crippen molar-refractivity contribution in [2.45, 2.75) is 6.92 Å². The van der Waals surface area contributed by atoms with E-state index in [0.29, 0.717) is 0 Å². The van der Waals surface area contributed by atoms with Gasteiger partial charge in [0.05, 0.1) is 0 Å². The Balaban J connectivity index is 3.74. The van der Waals surface area contributed by atoms with E-state index < -0.39 is 5.97 Å². The molecule has 0 saturated carbocycles. The summed E-state index contributed by atoms with van der Waals surface area (Å²) in [7, 11) is 0. The quantitative estimate of drug-likeness (QED) is 0.278. The summed E-state index contributed by atoms with van der Waals surface area (Å²) in [5.74, 6) is -1.09. The Bertz CT molecular complexity index is 158. The second-order valence-electron chi connectivity index (χ2n) is 1.56. The topological polar surface area (TPSA) is 46.5 Å². The summed E-state index contributed by atoms with van der Waals surface area (Å²) in [4.78, 5) is 10.5. The van der Waals surface area contributed by atoms with Crippen molar-refractivity contribution in [2.24, 2.45) is 0 Å². The van der Waals surface area contributed by atoms with Gasteiger partial charge in [-0.15, -0.1) is 0 Å². The maximum atomic E-state index is 10.5. The number of hydrogen-bond donors (Lipinski definition) is 1. The lowest BCUT2D eigenvalue weighted by atomic mass is 10.5. The number of carbonyl (C=O) groups is 1. The predicted molar refractivity (Wildman–Crippen MR) is 37.5 cm³/mol. The molecule has 0 aliphatic carbocycles. The first-order valence-corrected chi connectivity index (χ1v) is 2.85. The van der Waals surface area contributed by atoms with Gasteiger partial charge >= 0.3 is 5.97 Å². The van der Waals surface area contributed by atoms with Crippen LogP contribution in [0.3, 0.4) is 0 Å². The molecule has 0 rings (SSSR count). The molecule has 1 N–H and O–H groups in total. The Morgan fingerprint density at radius 1 is 1.80 bits per heavy atom. The van der Waals surface area contributed by atoms with E-state index in [1.54, 1.807) is 6.92 Å². The number of aliphatic hydroxyl groups is 1. The number of rotatable bonds is 3.